The van der Waals surface area contributed by atoms with Crippen LogP contribution in [-0.4, -0.2) is 23.2 Å². The van der Waals surface area contributed by atoms with E-state index in [0.717, 1.165) is 44.1 Å². The number of Topliss-reactive ketones (excluding diaryl/α,β-unsaturated/α-hetero) is 1. The Morgan fingerprint density at radius 1 is 1.40 bits per heavy atom. The first-order chi connectivity index (χ1) is 12.1. The summed E-state index contributed by atoms with van der Waals surface area (Å²) in [6, 6.07) is 3.85. The molecule has 2 aliphatic rings. The molecule has 4 nitrogen and oxygen atoms in total. The normalized spacial score (nSPS) is 22.1. The van der Waals surface area contributed by atoms with Crippen LogP contribution in [0, 0.1) is 12.8 Å². The first kappa shape index (κ1) is 17.1. The van der Waals surface area contributed by atoms with E-state index in [2.05, 4.69) is 12.2 Å². The van der Waals surface area contributed by atoms with E-state index >= 15 is 0 Å². The predicted octanol–water partition coefficient (Wildman–Crippen LogP) is 4.51. The highest BCUT2D eigenvalue weighted by Gasteiger charge is 2.38. The summed E-state index contributed by atoms with van der Waals surface area (Å²) >= 11 is 3.03. The Kier molecular flexibility index (Phi) is 4.60. The van der Waals surface area contributed by atoms with Crippen molar-refractivity contribution in [3.8, 4) is 10.8 Å². The third kappa shape index (κ3) is 3.35. The predicted molar refractivity (Wildman–Crippen MR) is 101 cm³/mol. The number of hydrogen-bond donors (Lipinski definition) is 2. The van der Waals surface area contributed by atoms with Gasteiger partial charge in [-0.15, -0.1) is 22.7 Å². The van der Waals surface area contributed by atoms with Crippen molar-refractivity contribution in [2.75, 3.05) is 6.54 Å². The van der Waals surface area contributed by atoms with E-state index in [0.29, 0.717) is 12.3 Å². The van der Waals surface area contributed by atoms with Gasteiger partial charge in [0.05, 0.1) is 0 Å². The molecular formula is C19H23NO3S2. The highest BCUT2D eigenvalue weighted by molar-refractivity contribution is 7.12. The Bertz CT molecular complexity index is 773. The average molecular weight is 378 g/mol. The zero-order valence-corrected chi connectivity index (χ0v) is 16.0. The number of aromatic hydroxyl groups is 1. The molecule has 0 aromatic carbocycles. The van der Waals surface area contributed by atoms with Crippen molar-refractivity contribution < 1.29 is 14.6 Å². The second-order valence-corrected chi connectivity index (χ2v) is 9.30. The van der Waals surface area contributed by atoms with E-state index in [9.17, 15) is 9.90 Å². The molecule has 1 fully saturated rings. The van der Waals surface area contributed by atoms with Gasteiger partial charge in [0.15, 0.2) is 17.3 Å². The lowest BCUT2D eigenvalue weighted by atomic mass is 9.86. The second kappa shape index (κ2) is 6.74. The average Bonchev–Trinajstić information content (AvgIpc) is 3.29. The molecule has 2 aliphatic carbocycles. The van der Waals surface area contributed by atoms with Crippen LogP contribution in [0.1, 0.15) is 52.2 Å². The summed E-state index contributed by atoms with van der Waals surface area (Å²) in [5.41, 5.74) is 0.473. The molecular weight excluding hydrogens is 354 g/mol. The van der Waals surface area contributed by atoms with Gasteiger partial charge in [-0.25, -0.2) is 0 Å². The quantitative estimate of drug-likeness (QED) is 0.753. The molecule has 134 valence electrons. The van der Waals surface area contributed by atoms with Crippen molar-refractivity contribution in [3.63, 3.8) is 0 Å². The zero-order chi connectivity index (χ0) is 17.4. The summed E-state index contributed by atoms with van der Waals surface area (Å²) in [6.45, 7) is 2.70. The molecule has 1 saturated carbocycles. The highest BCUT2D eigenvalue weighted by atomic mass is 32.1. The van der Waals surface area contributed by atoms with Gasteiger partial charge in [-0.05, 0) is 50.1 Å². The fraction of sp³-hybridized carbons (Fsp3) is 0.526. The van der Waals surface area contributed by atoms with Gasteiger partial charge in [0, 0.05) is 40.6 Å². The summed E-state index contributed by atoms with van der Waals surface area (Å²) < 4.78 is 6.17. The van der Waals surface area contributed by atoms with Gasteiger partial charge in [-0.2, -0.15) is 0 Å². The largest absolute Gasteiger partial charge is 0.497 e. The van der Waals surface area contributed by atoms with Crippen LogP contribution >= 0.6 is 22.7 Å². The van der Waals surface area contributed by atoms with Gasteiger partial charge >= 0.3 is 0 Å². The third-order valence-corrected chi connectivity index (χ3v) is 7.09. The van der Waals surface area contributed by atoms with Gasteiger partial charge < -0.3 is 9.84 Å². The molecule has 0 radical (unpaired) electrons. The van der Waals surface area contributed by atoms with E-state index in [1.807, 2.05) is 17.5 Å². The van der Waals surface area contributed by atoms with Crippen molar-refractivity contribution >= 4 is 28.5 Å². The van der Waals surface area contributed by atoms with Crippen LogP contribution in [0.25, 0.3) is 0 Å². The van der Waals surface area contributed by atoms with E-state index in [1.165, 1.54) is 21.1 Å². The molecule has 1 atom stereocenters. The molecule has 2 aromatic rings. The number of rotatable bonds is 5. The molecule has 0 aliphatic heterocycles. The minimum absolute atomic E-state index is 0.0126. The van der Waals surface area contributed by atoms with Crippen LogP contribution in [0.3, 0.4) is 0 Å². The molecule has 25 heavy (non-hydrogen) atoms. The molecule has 0 bridgehead atoms. The number of hydrogen-bond acceptors (Lipinski definition) is 6. The number of fused-ring (bicyclic) bond motifs is 1. The maximum atomic E-state index is 12.8. The van der Waals surface area contributed by atoms with Gasteiger partial charge in [0.2, 0.25) is 5.06 Å². The Balaban J connectivity index is 1.45. The molecule has 0 spiro atoms. The van der Waals surface area contributed by atoms with Crippen molar-refractivity contribution in [1.82, 2.24) is 5.32 Å². The minimum Gasteiger partial charge on any atom is -0.497 e. The van der Waals surface area contributed by atoms with E-state index in [-0.39, 0.29) is 16.8 Å². The smallest absolute Gasteiger partial charge is 0.214 e. The summed E-state index contributed by atoms with van der Waals surface area (Å²) in [5.74, 6) is 0.827. The summed E-state index contributed by atoms with van der Waals surface area (Å²) in [6.07, 6.45) is 5.91. The molecule has 0 saturated heterocycles. The number of aryl methyl sites for hydroxylation is 2. The van der Waals surface area contributed by atoms with Crippen molar-refractivity contribution in [2.45, 2.75) is 51.2 Å². The minimum atomic E-state index is -0.455. The van der Waals surface area contributed by atoms with Crippen LogP contribution in [-0.2, 0) is 6.42 Å². The van der Waals surface area contributed by atoms with E-state index in [1.54, 1.807) is 11.3 Å². The second-order valence-electron chi connectivity index (χ2n) is 7.07. The fourth-order valence-corrected chi connectivity index (χ4v) is 5.56. The van der Waals surface area contributed by atoms with Crippen molar-refractivity contribution in [2.24, 2.45) is 5.92 Å². The molecule has 2 aromatic heterocycles. The third-order valence-electron chi connectivity index (χ3n) is 5.29. The number of carbonyl (C=O) groups excluding carboxylic acids is 1. The van der Waals surface area contributed by atoms with Gasteiger partial charge in [-0.3, -0.25) is 10.1 Å². The molecule has 4 rings (SSSR count). The first-order valence-corrected chi connectivity index (χ1v) is 10.6. The Hall–Kier alpha value is -1.37. The molecule has 2 N–H and O–H groups in total. The summed E-state index contributed by atoms with van der Waals surface area (Å²) in [4.78, 5) is 15.3. The van der Waals surface area contributed by atoms with Crippen LogP contribution < -0.4 is 10.1 Å². The zero-order valence-electron chi connectivity index (χ0n) is 14.3. The maximum absolute atomic E-state index is 12.8. The number of nitrogens with one attached hydrogen (secondary N) is 1. The van der Waals surface area contributed by atoms with Crippen LogP contribution in [0.5, 0.6) is 10.8 Å². The van der Waals surface area contributed by atoms with Gasteiger partial charge in [0.25, 0.3) is 0 Å². The lowest BCUT2D eigenvalue weighted by Gasteiger charge is -2.33. The summed E-state index contributed by atoms with van der Waals surface area (Å²) in [7, 11) is 0. The lowest BCUT2D eigenvalue weighted by molar-refractivity contribution is 0.0328. The van der Waals surface area contributed by atoms with Crippen molar-refractivity contribution in [3.05, 3.63) is 32.8 Å². The fourth-order valence-electron chi connectivity index (χ4n) is 3.96. The Labute approximate surface area is 155 Å². The monoisotopic (exact) mass is 377 g/mol. The number of thiophene rings is 2. The maximum Gasteiger partial charge on any atom is 0.214 e. The molecule has 0 amide bonds. The number of ketones is 1. The number of ether oxygens (including phenoxy) is 1. The Morgan fingerprint density at radius 3 is 2.92 bits per heavy atom. The SMILES string of the molecule is Cc1cc2c(s1)CCC(CNC1(Oc3ccsc3O)CCCC1)C2=O. The van der Waals surface area contributed by atoms with Gasteiger partial charge in [0.1, 0.15) is 0 Å². The molecule has 6 heteroatoms. The first-order valence-electron chi connectivity index (χ1n) is 8.90. The lowest BCUT2D eigenvalue weighted by Crippen LogP contribution is -2.50. The topological polar surface area (TPSA) is 58.6 Å². The molecule has 2 heterocycles. The van der Waals surface area contributed by atoms with E-state index < -0.39 is 5.72 Å². The molecule has 1 unspecified atom stereocenters. The van der Waals surface area contributed by atoms with Gasteiger partial charge in [-0.1, -0.05) is 0 Å². The number of carbonyl (C=O) groups is 1. The standard InChI is InChI=1S/C19H23NO3S2/c1-12-10-14-16(25-12)5-4-13(17(14)21)11-20-19(7-2-3-8-19)23-15-6-9-24-18(15)22/h6,9-10,13,20,22H,2-5,7-8,11H2,1H3. The van der Waals surface area contributed by atoms with Crippen LogP contribution in [0.2, 0.25) is 0 Å². The highest BCUT2D eigenvalue weighted by Crippen LogP contribution is 2.39. The summed E-state index contributed by atoms with van der Waals surface area (Å²) in [5, 5.41) is 15.5. The van der Waals surface area contributed by atoms with E-state index in [4.69, 9.17) is 4.74 Å². The van der Waals surface area contributed by atoms with Crippen LogP contribution in [0.4, 0.5) is 0 Å². The van der Waals surface area contributed by atoms with Crippen LogP contribution in [0.15, 0.2) is 17.5 Å². The Morgan fingerprint density at radius 2 is 2.20 bits per heavy atom. The van der Waals surface area contributed by atoms with Crippen molar-refractivity contribution in [1.29, 1.82) is 0 Å².